The van der Waals surface area contributed by atoms with Gasteiger partial charge in [-0.1, -0.05) is 59.6 Å². The molecular formula is C31H37Cl2N3O6S. The molecule has 12 heteroatoms. The van der Waals surface area contributed by atoms with Crippen LogP contribution in [0.15, 0.2) is 66.7 Å². The summed E-state index contributed by atoms with van der Waals surface area (Å²) in [6, 6.07) is 17.8. The molecule has 1 N–H and O–H groups in total. The second kappa shape index (κ2) is 14.3. The van der Waals surface area contributed by atoms with Crippen molar-refractivity contribution in [2.45, 2.75) is 45.3 Å². The lowest BCUT2D eigenvalue weighted by Gasteiger charge is -2.35. The van der Waals surface area contributed by atoms with Crippen LogP contribution in [-0.4, -0.2) is 63.7 Å². The van der Waals surface area contributed by atoms with E-state index in [1.807, 2.05) is 51.1 Å². The topological polar surface area (TPSA) is 105 Å². The molecule has 3 rings (SSSR count). The van der Waals surface area contributed by atoms with Crippen LogP contribution in [0, 0.1) is 0 Å². The molecule has 0 aliphatic rings. The van der Waals surface area contributed by atoms with Crippen LogP contribution >= 0.6 is 23.2 Å². The molecule has 0 radical (unpaired) electrons. The lowest BCUT2D eigenvalue weighted by atomic mass is 10.0. The highest BCUT2D eigenvalue weighted by molar-refractivity contribution is 7.92. The average Bonchev–Trinajstić information content (AvgIpc) is 2.93. The van der Waals surface area contributed by atoms with Gasteiger partial charge in [-0.15, -0.1) is 0 Å². The quantitative estimate of drug-likeness (QED) is 0.284. The molecule has 0 aliphatic heterocycles. The number of amides is 2. The Kier molecular flexibility index (Phi) is 11.3. The van der Waals surface area contributed by atoms with Crippen LogP contribution in [0.5, 0.6) is 11.5 Å². The van der Waals surface area contributed by atoms with E-state index in [2.05, 4.69) is 5.32 Å². The molecule has 0 bridgehead atoms. The van der Waals surface area contributed by atoms with Crippen molar-refractivity contribution in [1.29, 1.82) is 0 Å². The molecular weight excluding hydrogens is 613 g/mol. The van der Waals surface area contributed by atoms with Gasteiger partial charge in [-0.2, -0.15) is 0 Å². The van der Waals surface area contributed by atoms with Crippen LogP contribution in [0.2, 0.25) is 10.0 Å². The second-order valence-electron chi connectivity index (χ2n) is 11.0. The molecule has 1 atom stereocenters. The highest BCUT2D eigenvalue weighted by atomic mass is 35.5. The number of ether oxygens (including phenoxy) is 2. The molecule has 0 spiro atoms. The second-order valence-corrected chi connectivity index (χ2v) is 13.7. The van der Waals surface area contributed by atoms with E-state index in [4.69, 9.17) is 32.7 Å². The smallest absolute Gasteiger partial charge is 0.244 e. The molecule has 3 aromatic rings. The fourth-order valence-electron chi connectivity index (χ4n) is 4.45. The van der Waals surface area contributed by atoms with Gasteiger partial charge >= 0.3 is 0 Å². The maximum atomic E-state index is 14.3. The fourth-order valence-corrected chi connectivity index (χ4v) is 5.81. The normalized spacial score (nSPS) is 12.3. The number of benzene rings is 3. The zero-order valence-corrected chi connectivity index (χ0v) is 27.4. The summed E-state index contributed by atoms with van der Waals surface area (Å²) in [7, 11) is -1.19. The van der Waals surface area contributed by atoms with Crippen LogP contribution in [0.4, 0.5) is 5.69 Å². The maximum absolute atomic E-state index is 14.3. The van der Waals surface area contributed by atoms with Gasteiger partial charge in [-0.3, -0.25) is 13.9 Å². The zero-order valence-electron chi connectivity index (χ0n) is 25.1. The number of anilines is 1. The standard InChI is InChI=1S/C31H37Cl2N3O6S/c1-31(2,3)34-30(38)27(17-21-11-8-7-9-12-21)35(19-23-24(32)13-10-14-25(23)33)29(37)20-36(43(6,39)40)26-18-22(41-4)15-16-28(26)42-5/h7-16,18,27H,17,19-20H2,1-6H3,(H,34,38)/t27-/m0/s1. The lowest BCUT2D eigenvalue weighted by molar-refractivity contribution is -0.140. The Hall–Kier alpha value is -3.47. The first kappa shape index (κ1) is 34.0. The first-order valence-corrected chi connectivity index (χ1v) is 16.0. The van der Waals surface area contributed by atoms with E-state index >= 15 is 0 Å². The van der Waals surface area contributed by atoms with Crippen molar-refractivity contribution in [3.05, 3.63) is 87.9 Å². The zero-order chi connectivity index (χ0) is 31.9. The summed E-state index contributed by atoms with van der Waals surface area (Å²) in [5, 5.41) is 3.57. The number of hydrogen-bond acceptors (Lipinski definition) is 6. The Morgan fingerprint density at radius 2 is 1.56 bits per heavy atom. The minimum Gasteiger partial charge on any atom is -0.497 e. The Morgan fingerprint density at radius 1 is 0.930 bits per heavy atom. The van der Waals surface area contributed by atoms with Gasteiger partial charge in [0.15, 0.2) is 0 Å². The van der Waals surface area contributed by atoms with Crippen LogP contribution in [0.25, 0.3) is 0 Å². The van der Waals surface area contributed by atoms with Gasteiger partial charge in [-0.05, 0) is 50.6 Å². The average molecular weight is 651 g/mol. The van der Waals surface area contributed by atoms with E-state index in [9.17, 15) is 18.0 Å². The molecule has 9 nitrogen and oxygen atoms in total. The maximum Gasteiger partial charge on any atom is 0.244 e. The van der Waals surface area contributed by atoms with E-state index in [0.29, 0.717) is 21.4 Å². The highest BCUT2D eigenvalue weighted by Gasteiger charge is 2.35. The molecule has 43 heavy (non-hydrogen) atoms. The summed E-state index contributed by atoms with van der Waals surface area (Å²) in [4.78, 5) is 29.5. The van der Waals surface area contributed by atoms with E-state index in [-0.39, 0.29) is 24.4 Å². The molecule has 0 heterocycles. The Labute approximate surface area is 263 Å². The third kappa shape index (κ3) is 9.26. The van der Waals surface area contributed by atoms with Crippen molar-refractivity contribution < 1.29 is 27.5 Å². The van der Waals surface area contributed by atoms with Gasteiger partial charge in [0.05, 0.1) is 26.2 Å². The Morgan fingerprint density at radius 3 is 2.09 bits per heavy atom. The van der Waals surface area contributed by atoms with E-state index in [1.165, 1.54) is 25.2 Å². The van der Waals surface area contributed by atoms with Crippen molar-refractivity contribution in [1.82, 2.24) is 10.2 Å². The van der Waals surface area contributed by atoms with Gasteiger partial charge < -0.3 is 19.7 Å². The molecule has 2 amide bonds. The summed E-state index contributed by atoms with van der Waals surface area (Å²) in [5.74, 6) is -0.497. The van der Waals surface area contributed by atoms with Crippen LogP contribution < -0.4 is 19.1 Å². The summed E-state index contributed by atoms with van der Waals surface area (Å²) in [5.41, 5.74) is 0.710. The number of halogens is 2. The molecule has 0 fully saturated rings. The Balaban J connectivity index is 2.17. The lowest BCUT2D eigenvalue weighted by Crippen LogP contribution is -2.56. The van der Waals surface area contributed by atoms with Crippen molar-refractivity contribution >= 4 is 50.7 Å². The van der Waals surface area contributed by atoms with Gasteiger partial charge in [0.2, 0.25) is 21.8 Å². The molecule has 0 unspecified atom stereocenters. The fraction of sp³-hybridized carbons (Fsp3) is 0.355. The SMILES string of the molecule is COc1ccc(OC)c(N(CC(=O)N(Cc2c(Cl)cccc2Cl)[C@@H](Cc2ccccc2)C(=O)NC(C)(C)C)S(C)(=O)=O)c1. The monoisotopic (exact) mass is 649 g/mol. The van der Waals surface area contributed by atoms with Crippen LogP contribution in [0.1, 0.15) is 31.9 Å². The summed E-state index contributed by atoms with van der Waals surface area (Å²) in [6.07, 6.45) is 1.14. The Bertz CT molecular complexity index is 1520. The molecule has 0 saturated carbocycles. The van der Waals surface area contributed by atoms with Crippen LogP contribution in [0.3, 0.4) is 0 Å². The van der Waals surface area contributed by atoms with E-state index in [1.54, 1.807) is 30.3 Å². The summed E-state index contributed by atoms with van der Waals surface area (Å²) >= 11 is 13.0. The first-order valence-electron chi connectivity index (χ1n) is 13.4. The number of hydrogen-bond donors (Lipinski definition) is 1. The summed E-state index contributed by atoms with van der Waals surface area (Å²) in [6.45, 7) is 4.71. The highest BCUT2D eigenvalue weighted by Crippen LogP contribution is 2.34. The van der Waals surface area contributed by atoms with Gasteiger partial charge in [-0.25, -0.2) is 8.42 Å². The predicted molar refractivity (Wildman–Crippen MR) is 171 cm³/mol. The summed E-state index contributed by atoms with van der Waals surface area (Å²) < 4.78 is 37.9. The van der Waals surface area contributed by atoms with Crippen molar-refractivity contribution in [2.75, 3.05) is 31.3 Å². The number of methoxy groups -OCH3 is 2. The molecule has 3 aromatic carbocycles. The van der Waals surface area contributed by atoms with Crippen molar-refractivity contribution in [3.63, 3.8) is 0 Å². The first-order chi connectivity index (χ1) is 20.1. The number of rotatable bonds is 12. The van der Waals surface area contributed by atoms with E-state index < -0.39 is 40.0 Å². The number of sulfonamides is 1. The molecule has 0 aliphatic carbocycles. The van der Waals surface area contributed by atoms with Crippen molar-refractivity contribution in [2.24, 2.45) is 0 Å². The number of carbonyl (C=O) groups excluding carboxylic acids is 2. The van der Waals surface area contributed by atoms with Gasteiger partial charge in [0.25, 0.3) is 0 Å². The largest absolute Gasteiger partial charge is 0.497 e. The molecule has 232 valence electrons. The minimum atomic E-state index is -4.03. The minimum absolute atomic E-state index is 0.104. The third-order valence-corrected chi connectivity index (χ3v) is 8.33. The third-order valence-electron chi connectivity index (χ3n) is 6.49. The molecule has 0 aromatic heterocycles. The van der Waals surface area contributed by atoms with Gasteiger partial charge in [0.1, 0.15) is 24.1 Å². The number of carbonyl (C=O) groups is 2. The molecule has 0 saturated heterocycles. The van der Waals surface area contributed by atoms with E-state index in [0.717, 1.165) is 16.1 Å². The van der Waals surface area contributed by atoms with Crippen molar-refractivity contribution in [3.8, 4) is 11.5 Å². The predicted octanol–water partition coefficient (Wildman–Crippen LogP) is 5.33. The number of nitrogens with zero attached hydrogens (tertiary/aromatic N) is 2. The number of nitrogens with one attached hydrogen (secondary N) is 1. The van der Waals surface area contributed by atoms with Crippen LogP contribution in [-0.2, 0) is 32.6 Å². The van der Waals surface area contributed by atoms with Gasteiger partial charge in [0, 0.05) is 40.2 Å².